The van der Waals surface area contributed by atoms with E-state index in [0.29, 0.717) is 11.9 Å². The van der Waals surface area contributed by atoms with Crippen molar-refractivity contribution in [3.05, 3.63) is 102 Å². The topological polar surface area (TPSA) is 75.5 Å². The highest BCUT2D eigenvalue weighted by molar-refractivity contribution is 7.89. The number of aromatic nitrogens is 2. The van der Waals surface area contributed by atoms with Crippen LogP contribution in [0, 0.1) is 6.92 Å². The molecule has 5 rings (SSSR count). The number of benzene rings is 3. The average molecular weight is 429 g/mol. The van der Waals surface area contributed by atoms with Crippen LogP contribution in [-0.4, -0.2) is 28.5 Å². The molecule has 1 unspecified atom stereocenters. The normalized spacial score (nSPS) is 16.5. The zero-order chi connectivity index (χ0) is 21.4. The minimum Gasteiger partial charge on any atom is -0.253 e. The maximum atomic E-state index is 13.6. The third-order valence-corrected chi connectivity index (χ3v) is 7.13. The molecule has 0 saturated carbocycles. The van der Waals surface area contributed by atoms with Crippen molar-refractivity contribution < 1.29 is 8.42 Å². The van der Waals surface area contributed by atoms with Gasteiger partial charge < -0.3 is 0 Å². The molecule has 0 fully saturated rings. The van der Waals surface area contributed by atoms with E-state index in [0.717, 1.165) is 27.9 Å². The predicted octanol–water partition coefficient (Wildman–Crippen LogP) is 4.48. The highest BCUT2D eigenvalue weighted by Crippen LogP contribution is 2.39. The number of hydrogen-bond donors (Lipinski definition) is 0. The molecule has 7 heteroatoms. The summed E-state index contributed by atoms with van der Waals surface area (Å²) in [4.78, 5) is 9.08. The van der Waals surface area contributed by atoms with E-state index < -0.39 is 16.1 Å². The molecule has 154 valence electrons. The van der Waals surface area contributed by atoms with Crippen molar-refractivity contribution in [3.8, 4) is 0 Å². The Kier molecular flexibility index (Phi) is 4.75. The van der Waals surface area contributed by atoms with Crippen molar-refractivity contribution in [2.45, 2.75) is 24.3 Å². The molecule has 0 spiro atoms. The van der Waals surface area contributed by atoms with Gasteiger partial charge in [0.2, 0.25) is 0 Å². The van der Waals surface area contributed by atoms with Crippen molar-refractivity contribution in [2.24, 2.45) is 5.10 Å². The van der Waals surface area contributed by atoms with Crippen molar-refractivity contribution in [1.82, 2.24) is 14.4 Å². The SMILES string of the molecule is Cc1ccc(C2=NN(S(=O)(=O)c3ccccc3)C(c3cccc4nccnc34)C2)cc1. The van der Waals surface area contributed by atoms with Gasteiger partial charge in [-0.25, -0.2) is 0 Å². The molecular formula is C24H20N4O2S. The molecule has 4 aromatic rings. The van der Waals surface area contributed by atoms with Gasteiger partial charge in [0.05, 0.1) is 27.7 Å². The summed E-state index contributed by atoms with van der Waals surface area (Å²) in [6, 6.07) is 21.5. The zero-order valence-corrected chi connectivity index (χ0v) is 17.7. The van der Waals surface area contributed by atoms with Crippen LogP contribution in [-0.2, 0) is 10.0 Å². The molecule has 0 N–H and O–H groups in total. The number of sulfonamides is 1. The maximum Gasteiger partial charge on any atom is 0.279 e. The lowest BCUT2D eigenvalue weighted by Gasteiger charge is -2.24. The van der Waals surface area contributed by atoms with E-state index in [-0.39, 0.29) is 4.90 Å². The molecule has 31 heavy (non-hydrogen) atoms. The molecular weight excluding hydrogens is 408 g/mol. The van der Waals surface area contributed by atoms with Gasteiger partial charge in [0.15, 0.2) is 0 Å². The monoisotopic (exact) mass is 428 g/mol. The lowest BCUT2D eigenvalue weighted by atomic mass is 9.97. The van der Waals surface area contributed by atoms with E-state index in [1.54, 1.807) is 42.7 Å². The summed E-state index contributed by atoms with van der Waals surface area (Å²) in [6.45, 7) is 2.02. The maximum absolute atomic E-state index is 13.6. The summed E-state index contributed by atoms with van der Waals surface area (Å²) < 4.78 is 28.4. The summed E-state index contributed by atoms with van der Waals surface area (Å²) in [5.41, 5.74) is 4.97. The molecule has 1 aliphatic rings. The van der Waals surface area contributed by atoms with E-state index in [1.807, 2.05) is 49.4 Å². The molecule has 0 radical (unpaired) electrons. The number of fused-ring (bicyclic) bond motifs is 1. The summed E-state index contributed by atoms with van der Waals surface area (Å²) in [5, 5.41) is 4.61. The Morgan fingerprint density at radius 2 is 1.61 bits per heavy atom. The molecule has 1 atom stereocenters. The fourth-order valence-electron chi connectivity index (χ4n) is 3.85. The van der Waals surface area contributed by atoms with E-state index >= 15 is 0 Å². The van der Waals surface area contributed by atoms with Gasteiger partial charge in [0, 0.05) is 24.4 Å². The second kappa shape index (κ2) is 7.59. The second-order valence-electron chi connectivity index (χ2n) is 7.49. The van der Waals surface area contributed by atoms with Gasteiger partial charge in [-0.2, -0.15) is 17.9 Å². The largest absolute Gasteiger partial charge is 0.279 e. The average Bonchev–Trinajstić information content (AvgIpc) is 3.26. The lowest BCUT2D eigenvalue weighted by molar-refractivity contribution is 0.373. The van der Waals surface area contributed by atoms with Crippen molar-refractivity contribution in [2.75, 3.05) is 0 Å². The molecule has 1 aliphatic heterocycles. The third kappa shape index (κ3) is 3.47. The van der Waals surface area contributed by atoms with Crippen LogP contribution < -0.4 is 0 Å². The Morgan fingerprint density at radius 1 is 0.871 bits per heavy atom. The summed E-state index contributed by atoms with van der Waals surface area (Å²) >= 11 is 0. The van der Waals surface area contributed by atoms with Gasteiger partial charge in [0.25, 0.3) is 10.0 Å². The third-order valence-electron chi connectivity index (χ3n) is 5.43. The number of para-hydroxylation sites is 1. The first-order valence-corrected chi connectivity index (χ1v) is 11.4. The number of rotatable bonds is 4. The van der Waals surface area contributed by atoms with E-state index in [1.165, 1.54) is 4.41 Å². The Hall–Kier alpha value is -3.58. The molecule has 0 saturated heterocycles. The minimum absolute atomic E-state index is 0.209. The van der Waals surface area contributed by atoms with Gasteiger partial charge in [-0.15, -0.1) is 0 Å². The quantitative estimate of drug-likeness (QED) is 0.480. The Balaban J connectivity index is 1.67. The first-order chi connectivity index (χ1) is 15.0. The summed E-state index contributed by atoms with van der Waals surface area (Å²) in [5.74, 6) is 0. The number of hydrogen-bond acceptors (Lipinski definition) is 5. The molecule has 0 amide bonds. The van der Waals surface area contributed by atoms with Crippen molar-refractivity contribution in [1.29, 1.82) is 0 Å². The Morgan fingerprint density at radius 3 is 2.39 bits per heavy atom. The number of hydrazone groups is 1. The lowest BCUT2D eigenvalue weighted by Crippen LogP contribution is -2.27. The minimum atomic E-state index is -3.86. The van der Waals surface area contributed by atoms with E-state index in [2.05, 4.69) is 15.1 Å². The van der Waals surface area contributed by atoms with Gasteiger partial charge >= 0.3 is 0 Å². The van der Waals surface area contributed by atoms with Crippen molar-refractivity contribution in [3.63, 3.8) is 0 Å². The highest BCUT2D eigenvalue weighted by Gasteiger charge is 2.38. The Labute approximate surface area is 181 Å². The van der Waals surface area contributed by atoms with Crippen LogP contribution >= 0.6 is 0 Å². The molecule has 2 heterocycles. The molecule has 0 bridgehead atoms. The van der Waals surface area contributed by atoms with Gasteiger partial charge in [0.1, 0.15) is 0 Å². The van der Waals surface area contributed by atoms with Crippen LogP contribution in [0.5, 0.6) is 0 Å². The summed E-state index contributed by atoms with van der Waals surface area (Å²) in [6.07, 6.45) is 3.71. The first kappa shape index (κ1) is 19.4. The molecule has 0 aliphatic carbocycles. The van der Waals surface area contributed by atoms with Gasteiger partial charge in [-0.05, 0) is 30.7 Å². The van der Waals surface area contributed by atoms with Crippen LogP contribution in [0.15, 0.2) is 95.2 Å². The first-order valence-electron chi connectivity index (χ1n) is 9.98. The van der Waals surface area contributed by atoms with Crippen LogP contribution in [0.1, 0.15) is 29.2 Å². The van der Waals surface area contributed by atoms with Crippen LogP contribution in [0.4, 0.5) is 0 Å². The van der Waals surface area contributed by atoms with Crippen LogP contribution in [0.25, 0.3) is 11.0 Å². The van der Waals surface area contributed by atoms with Gasteiger partial charge in [-0.3, -0.25) is 9.97 Å². The standard InChI is InChI=1S/C24H20N4O2S/c1-17-10-12-18(13-11-17)22-16-23(20-8-5-9-21-24(20)26-15-14-25-21)28(27-22)31(29,30)19-6-3-2-4-7-19/h2-15,23H,16H2,1H3. The van der Waals surface area contributed by atoms with Gasteiger partial charge in [-0.1, -0.05) is 60.2 Å². The second-order valence-corrected chi connectivity index (χ2v) is 9.29. The number of aryl methyl sites for hydroxylation is 1. The molecule has 1 aromatic heterocycles. The highest BCUT2D eigenvalue weighted by atomic mass is 32.2. The fourth-order valence-corrected chi connectivity index (χ4v) is 5.29. The zero-order valence-electron chi connectivity index (χ0n) is 16.9. The van der Waals surface area contributed by atoms with E-state index in [9.17, 15) is 8.42 Å². The summed E-state index contributed by atoms with van der Waals surface area (Å²) in [7, 11) is -3.86. The smallest absolute Gasteiger partial charge is 0.253 e. The van der Waals surface area contributed by atoms with Crippen molar-refractivity contribution >= 4 is 26.8 Å². The molecule has 3 aromatic carbocycles. The molecule has 6 nitrogen and oxygen atoms in total. The predicted molar refractivity (Wildman–Crippen MR) is 120 cm³/mol. The van der Waals surface area contributed by atoms with Crippen LogP contribution in [0.2, 0.25) is 0 Å². The Bertz CT molecular complexity index is 1380. The van der Waals surface area contributed by atoms with E-state index in [4.69, 9.17) is 0 Å². The van der Waals surface area contributed by atoms with Crippen LogP contribution in [0.3, 0.4) is 0 Å². The fraction of sp³-hybridized carbons (Fsp3) is 0.125. The number of nitrogens with zero attached hydrogens (tertiary/aromatic N) is 4.